The van der Waals surface area contributed by atoms with E-state index in [0.29, 0.717) is 0 Å². The highest BCUT2D eigenvalue weighted by Gasteiger charge is 2.08. The van der Waals surface area contributed by atoms with Crippen molar-refractivity contribution in [3.8, 4) is 5.75 Å². The quantitative estimate of drug-likeness (QED) is 0.712. The molecule has 4 nitrogen and oxygen atoms in total. The van der Waals surface area contributed by atoms with Crippen LogP contribution in [0.4, 0.5) is 0 Å². The number of nitrogens with zero attached hydrogens (tertiary/aromatic N) is 3. The van der Waals surface area contributed by atoms with Gasteiger partial charge in [0.1, 0.15) is 5.75 Å². The Labute approximate surface area is 118 Å². The van der Waals surface area contributed by atoms with Crippen LogP contribution in [-0.2, 0) is 13.6 Å². The van der Waals surface area contributed by atoms with Gasteiger partial charge >= 0.3 is 0 Å². The lowest BCUT2D eigenvalue weighted by Gasteiger charge is -2.08. The summed E-state index contributed by atoms with van der Waals surface area (Å²) in [6, 6.07) is 8.33. The largest absolute Gasteiger partial charge is 0.493 e. The molecule has 2 heterocycles. The first-order valence-electron chi connectivity index (χ1n) is 6.95. The van der Waals surface area contributed by atoms with E-state index in [1.54, 1.807) is 0 Å². The molecular formula is C16H19N3O. The van der Waals surface area contributed by atoms with Crippen LogP contribution in [0.1, 0.15) is 19.0 Å². The molecule has 4 heteroatoms. The molecular weight excluding hydrogens is 250 g/mol. The van der Waals surface area contributed by atoms with Crippen LogP contribution in [0.2, 0.25) is 0 Å². The number of fused-ring (bicyclic) bond motifs is 1. The van der Waals surface area contributed by atoms with Gasteiger partial charge in [-0.25, -0.2) is 4.98 Å². The van der Waals surface area contributed by atoms with E-state index in [4.69, 9.17) is 4.74 Å². The molecule has 0 bridgehead atoms. The molecule has 0 aliphatic heterocycles. The van der Waals surface area contributed by atoms with Crippen molar-refractivity contribution in [2.24, 2.45) is 7.05 Å². The van der Waals surface area contributed by atoms with Crippen LogP contribution in [0.3, 0.4) is 0 Å². The maximum absolute atomic E-state index is 5.81. The normalized spacial score (nSPS) is 11.1. The molecule has 1 aromatic carbocycles. The summed E-state index contributed by atoms with van der Waals surface area (Å²) in [5.74, 6) is 0.966. The molecule has 0 fully saturated rings. The summed E-state index contributed by atoms with van der Waals surface area (Å²) >= 11 is 0. The molecule has 0 spiro atoms. The number of rotatable bonds is 5. The summed E-state index contributed by atoms with van der Waals surface area (Å²) in [5, 5.41) is 1.17. The Bertz CT molecular complexity index is 711. The van der Waals surface area contributed by atoms with E-state index >= 15 is 0 Å². The number of ether oxygens (including phenoxy) is 1. The van der Waals surface area contributed by atoms with Gasteiger partial charge in [0.2, 0.25) is 0 Å². The molecule has 0 aliphatic carbocycles. The lowest BCUT2D eigenvalue weighted by molar-refractivity contribution is 0.321. The van der Waals surface area contributed by atoms with Crippen LogP contribution >= 0.6 is 0 Å². The molecule has 0 radical (unpaired) electrons. The summed E-state index contributed by atoms with van der Waals surface area (Å²) in [6.45, 7) is 3.69. The van der Waals surface area contributed by atoms with Crippen molar-refractivity contribution in [1.29, 1.82) is 0 Å². The number of imidazole rings is 1. The highest BCUT2D eigenvalue weighted by Crippen LogP contribution is 2.27. The van der Waals surface area contributed by atoms with Gasteiger partial charge in [-0.15, -0.1) is 0 Å². The monoisotopic (exact) mass is 269 g/mol. The van der Waals surface area contributed by atoms with Crippen molar-refractivity contribution in [2.75, 3.05) is 6.61 Å². The molecule has 104 valence electrons. The summed E-state index contributed by atoms with van der Waals surface area (Å²) in [7, 11) is 2.02. The van der Waals surface area contributed by atoms with E-state index < -0.39 is 0 Å². The van der Waals surface area contributed by atoms with E-state index in [1.165, 1.54) is 16.6 Å². The summed E-state index contributed by atoms with van der Waals surface area (Å²) < 4.78 is 10.1. The van der Waals surface area contributed by atoms with Gasteiger partial charge in [-0.1, -0.05) is 13.0 Å². The Morgan fingerprint density at radius 2 is 2.15 bits per heavy atom. The van der Waals surface area contributed by atoms with Crippen molar-refractivity contribution < 1.29 is 4.74 Å². The minimum absolute atomic E-state index is 0.756. The van der Waals surface area contributed by atoms with Crippen LogP contribution in [0.15, 0.2) is 43.0 Å². The SMILES string of the molecule is CCCOc1cccc2c1ccn2Cc1cncn1C. The van der Waals surface area contributed by atoms with Gasteiger partial charge in [-0.3, -0.25) is 0 Å². The van der Waals surface area contributed by atoms with Crippen LogP contribution in [-0.4, -0.2) is 20.7 Å². The minimum atomic E-state index is 0.756. The molecule has 20 heavy (non-hydrogen) atoms. The lowest BCUT2D eigenvalue weighted by atomic mass is 10.2. The molecule has 0 aliphatic rings. The fourth-order valence-electron chi connectivity index (χ4n) is 2.38. The predicted molar refractivity (Wildman–Crippen MR) is 80.0 cm³/mol. The lowest BCUT2D eigenvalue weighted by Crippen LogP contribution is -2.03. The van der Waals surface area contributed by atoms with Crippen molar-refractivity contribution in [3.63, 3.8) is 0 Å². The average Bonchev–Trinajstić information content (AvgIpc) is 3.05. The zero-order valence-electron chi connectivity index (χ0n) is 11.9. The Hall–Kier alpha value is -2.23. The van der Waals surface area contributed by atoms with Gasteiger partial charge in [-0.2, -0.15) is 0 Å². The van der Waals surface area contributed by atoms with Gasteiger partial charge < -0.3 is 13.9 Å². The molecule has 0 saturated carbocycles. The zero-order chi connectivity index (χ0) is 13.9. The average molecular weight is 269 g/mol. The predicted octanol–water partition coefficient (Wildman–Crippen LogP) is 3.21. The summed E-state index contributed by atoms with van der Waals surface area (Å²) in [6.07, 6.45) is 6.86. The summed E-state index contributed by atoms with van der Waals surface area (Å²) in [4.78, 5) is 4.17. The van der Waals surface area contributed by atoms with Crippen LogP contribution in [0, 0.1) is 0 Å². The maximum Gasteiger partial charge on any atom is 0.128 e. The van der Waals surface area contributed by atoms with Crippen molar-refractivity contribution in [1.82, 2.24) is 14.1 Å². The highest BCUT2D eigenvalue weighted by molar-refractivity contribution is 5.86. The van der Waals surface area contributed by atoms with Crippen molar-refractivity contribution in [3.05, 3.63) is 48.7 Å². The number of benzene rings is 1. The molecule has 2 aromatic heterocycles. The van der Waals surface area contributed by atoms with Gasteiger partial charge in [-0.05, 0) is 24.6 Å². The Balaban J connectivity index is 1.95. The highest BCUT2D eigenvalue weighted by atomic mass is 16.5. The minimum Gasteiger partial charge on any atom is -0.493 e. The first-order chi connectivity index (χ1) is 9.79. The standard InChI is InChI=1S/C16H19N3O/c1-3-9-20-16-6-4-5-15-14(16)7-8-19(15)11-13-10-17-12-18(13)2/h4-8,10,12H,3,9,11H2,1-2H3. The molecule has 3 rings (SSSR count). The molecule has 0 saturated heterocycles. The molecule has 3 aromatic rings. The number of hydrogen-bond acceptors (Lipinski definition) is 2. The number of hydrogen-bond donors (Lipinski definition) is 0. The smallest absolute Gasteiger partial charge is 0.128 e. The Kier molecular flexibility index (Phi) is 3.46. The van der Waals surface area contributed by atoms with E-state index in [-0.39, 0.29) is 0 Å². The van der Waals surface area contributed by atoms with Gasteiger partial charge in [0.25, 0.3) is 0 Å². The maximum atomic E-state index is 5.81. The van der Waals surface area contributed by atoms with E-state index in [9.17, 15) is 0 Å². The van der Waals surface area contributed by atoms with Gasteiger partial charge in [0.15, 0.2) is 0 Å². The van der Waals surface area contributed by atoms with Crippen molar-refractivity contribution in [2.45, 2.75) is 19.9 Å². The molecule has 0 atom stereocenters. The first-order valence-corrected chi connectivity index (χ1v) is 6.95. The third-order valence-corrected chi connectivity index (χ3v) is 3.48. The fourth-order valence-corrected chi connectivity index (χ4v) is 2.38. The third-order valence-electron chi connectivity index (χ3n) is 3.48. The number of aryl methyl sites for hydroxylation is 1. The zero-order valence-corrected chi connectivity index (χ0v) is 11.9. The van der Waals surface area contributed by atoms with Crippen molar-refractivity contribution >= 4 is 10.9 Å². The second-order valence-corrected chi connectivity index (χ2v) is 4.98. The number of aromatic nitrogens is 3. The molecule has 0 unspecified atom stereocenters. The van der Waals surface area contributed by atoms with Crippen LogP contribution in [0.5, 0.6) is 5.75 Å². The summed E-state index contributed by atoms with van der Waals surface area (Å²) in [5.41, 5.74) is 2.38. The van der Waals surface area contributed by atoms with E-state index in [2.05, 4.69) is 34.8 Å². The Morgan fingerprint density at radius 3 is 2.90 bits per heavy atom. The Morgan fingerprint density at radius 1 is 1.25 bits per heavy atom. The second-order valence-electron chi connectivity index (χ2n) is 4.98. The van der Waals surface area contributed by atoms with Gasteiger partial charge in [0.05, 0.1) is 30.7 Å². The van der Waals surface area contributed by atoms with Crippen LogP contribution in [0.25, 0.3) is 10.9 Å². The van der Waals surface area contributed by atoms with E-state index in [1.807, 2.05) is 36.3 Å². The van der Waals surface area contributed by atoms with Crippen LogP contribution < -0.4 is 4.74 Å². The third kappa shape index (κ3) is 2.29. The topological polar surface area (TPSA) is 32.0 Å². The molecule has 0 amide bonds. The fraction of sp³-hybridized carbons (Fsp3) is 0.312. The second kappa shape index (κ2) is 5.41. The first kappa shape index (κ1) is 12.8. The molecule has 0 N–H and O–H groups in total. The van der Waals surface area contributed by atoms with E-state index in [0.717, 1.165) is 25.3 Å². The van der Waals surface area contributed by atoms with Gasteiger partial charge in [0, 0.05) is 24.8 Å².